The molecule has 1 atom stereocenters. The maximum atomic E-state index is 12.5. The topological polar surface area (TPSA) is 81.7 Å². The third-order valence-electron chi connectivity index (χ3n) is 4.57. The Kier molecular flexibility index (Phi) is 3.69. The zero-order valence-corrected chi connectivity index (χ0v) is 11.7. The Labute approximate surface area is 118 Å². The number of β-amino-alcohol motifs (C(OH)–C–C–N with tert-alkyl or cyclic N) is 1. The molecule has 2 aliphatic carbocycles. The van der Waals surface area contributed by atoms with Gasteiger partial charge in [-0.25, -0.2) is 4.79 Å². The third-order valence-corrected chi connectivity index (χ3v) is 4.57. The Balaban J connectivity index is 1.58. The number of urea groups is 1. The maximum Gasteiger partial charge on any atom is 0.325 e. The molecule has 0 bridgehead atoms. The monoisotopic (exact) mass is 281 g/mol. The lowest BCUT2D eigenvalue weighted by Crippen LogP contribution is -2.49. The average molecular weight is 281 g/mol. The molecule has 0 radical (unpaired) electrons. The van der Waals surface area contributed by atoms with Gasteiger partial charge in [0.05, 0.1) is 12.6 Å². The van der Waals surface area contributed by atoms with Gasteiger partial charge in [0.15, 0.2) is 0 Å². The van der Waals surface area contributed by atoms with E-state index >= 15 is 0 Å². The maximum absolute atomic E-state index is 12.5. The number of nitrogens with one attached hydrogen (secondary N) is 2. The summed E-state index contributed by atoms with van der Waals surface area (Å²) in [5, 5.41) is 16.0. The summed E-state index contributed by atoms with van der Waals surface area (Å²) in [4.78, 5) is 25.7. The highest BCUT2D eigenvalue weighted by Gasteiger charge is 2.51. The predicted octanol–water partition coefficient (Wildman–Crippen LogP) is 0.354. The molecule has 0 aromatic heterocycles. The zero-order chi connectivity index (χ0) is 14.2. The molecule has 0 aromatic carbocycles. The van der Waals surface area contributed by atoms with Gasteiger partial charge < -0.3 is 15.7 Å². The van der Waals surface area contributed by atoms with E-state index in [0.717, 1.165) is 44.9 Å². The molecule has 6 nitrogen and oxygen atoms in total. The van der Waals surface area contributed by atoms with Crippen molar-refractivity contribution in [3.8, 4) is 0 Å². The van der Waals surface area contributed by atoms with E-state index in [2.05, 4.69) is 10.6 Å². The smallest absolute Gasteiger partial charge is 0.325 e. The van der Waals surface area contributed by atoms with E-state index in [9.17, 15) is 14.7 Å². The van der Waals surface area contributed by atoms with Crippen LogP contribution in [0.1, 0.15) is 44.9 Å². The van der Waals surface area contributed by atoms with Crippen LogP contribution in [-0.4, -0.2) is 52.7 Å². The second-order valence-corrected chi connectivity index (χ2v) is 6.33. The normalized spacial score (nSPS) is 26.9. The van der Waals surface area contributed by atoms with Crippen LogP contribution < -0.4 is 10.6 Å². The van der Waals surface area contributed by atoms with E-state index in [-0.39, 0.29) is 18.5 Å². The number of hydrogen-bond acceptors (Lipinski definition) is 4. The van der Waals surface area contributed by atoms with E-state index in [4.69, 9.17) is 0 Å². The number of nitrogens with zero attached hydrogens (tertiary/aromatic N) is 1. The highest BCUT2D eigenvalue weighted by atomic mass is 16.3. The number of aliphatic hydroxyl groups excluding tert-OH is 1. The van der Waals surface area contributed by atoms with Gasteiger partial charge >= 0.3 is 6.03 Å². The van der Waals surface area contributed by atoms with E-state index in [1.165, 1.54) is 4.90 Å². The van der Waals surface area contributed by atoms with Gasteiger partial charge in [0, 0.05) is 12.6 Å². The minimum Gasteiger partial charge on any atom is -0.390 e. The predicted molar refractivity (Wildman–Crippen MR) is 73.1 cm³/mol. The van der Waals surface area contributed by atoms with Gasteiger partial charge in [-0.1, -0.05) is 19.3 Å². The van der Waals surface area contributed by atoms with Gasteiger partial charge in [-0.15, -0.1) is 0 Å². The number of carbonyl (C=O) groups is 2. The first-order valence-electron chi connectivity index (χ1n) is 7.66. The summed E-state index contributed by atoms with van der Waals surface area (Å²) in [5.74, 6) is -0.146. The highest BCUT2D eigenvalue weighted by Crippen LogP contribution is 2.33. The summed E-state index contributed by atoms with van der Waals surface area (Å²) in [6.07, 6.45) is 6.15. The average Bonchev–Trinajstić information content (AvgIpc) is 3.23. The molecular formula is C14H23N3O3. The summed E-state index contributed by atoms with van der Waals surface area (Å²) in [5.41, 5.74) is -0.682. The molecule has 0 aromatic rings. The van der Waals surface area contributed by atoms with Crippen molar-refractivity contribution in [1.29, 1.82) is 0 Å². The summed E-state index contributed by atoms with van der Waals surface area (Å²) >= 11 is 0. The van der Waals surface area contributed by atoms with Crippen molar-refractivity contribution in [2.45, 2.75) is 62.6 Å². The van der Waals surface area contributed by atoms with E-state index in [1.807, 2.05) is 0 Å². The number of aliphatic hydroxyl groups is 1. The Morgan fingerprint density at radius 3 is 2.65 bits per heavy atom. The molecule has 1 aliphatic heterocycles. The van der Waals surface area contributed by atoms with Crippen molar-refractivity contribution in [1.82, 2.24) is 15.5 Å². The second kappa shape index (κ2) is 5.33. The standard InChI is InChI=1S/C14H23N3O3/c18-11(8-15-10-4-5-10)9-17-12(19)14(16-13(17)20)6-2-1-3-7-14/h10-11,15,18H,1-9H2,(H,16,20). The van der Waals surface area contributed by atoms with Gasteiger partial charge in [0.2, 0.25) is 0 Å². The van der Waals surface area contributed by atoms with Crippen LogP contribution in [0.25, 0.3) is 0 Å². The van der Waals surface area contributed by atoms with Crippen LogP contribution in [-0.2, 0) is 4.79 Å². The number of carbonyl (C=O) groups excluding carboxylic acids is 2. The van der Waals surface area contributed by atoms with Crippen LogP contribution in [0, 0.1) is 0 Å². The molecule has 3 amide bonds. The van der Waals surface area contributed by atoms with E-state index < -0.39 is 11.6 Å². The largest absolute Gasteiger partial charge is 0.390 e. The van der Waals surface area contributed by atoms with Gasteiger partial charge in [-0.05, 0) is 25.7 Å². The van der Waals surface area contributed by atoms with Crippen LogP contribution >= 0.6 is 0 Å². The van der Waals surface area contributed by atoms with Gasteiger partial charge in [0.25, 0.3) is 5.91 Å². The minimum atomic E-state index is -0.691. The first kappa shape index (κ1) is 13.8. The fraction of sp³-hybridized carbons (Fsp3) is 0.857. The van der Waals surface area contributed by atoms with Crippen molar-refractivity contribution < 1.29 is 14.7 Å². The number of amides is 3. The third kappa shape index (κ3) is 2.67. The molecule has 2 saturated carbocycles. The SMILES string of the molecule is O=C1NC2(CCCCC2)C(=O)N1CC(O)CNC1CC1. The van der Waals surface area contributed by atoms with E-state index in [0.29, 0.717) is 12.6 Å². The number of hydrogen-bond donors (Lipinski definition) is 3. The van der Waals surface area contributed by atoms with Crippen LogP contribution in [0.2, 0.25) is 0 Å². The summed E-state index contributed by atoms with van der Waals surface area (Å²) in [6.45, 7) is 0.529. The fourth-order valence-electron chi connectivity index (χ4n) is 3.20. The molecule has 3 aliphatic rings. The first-order valence-corrected chi connectivity index (χ1v) is 7.66. The van der Waals surface area contributed by atoms with Crippen molar-refractivity contribution in [2.75, 3.05) is 13.1 Å². The van der Waals surface area contributed by atoms with Crippen LogP contribution in [0.3, 0.4) is 0 Å². The van der Waals surface area contributed by atoms with Crippen LogP contribution in [0.4, 0.5) is 4.79 Å². The summed E-state index contributed by atoms with van der Waals surface area (Å²) < 4.78 is 0. The first-order chi connectivity index (χ1) is 9.61. The number of imide groups is 1. The number of rotatable bonds is 5. The molecule has 3 rings (SSSR count). The zero-order valence-electron chi connectivity index (χ0n) is 11.7. The molecule has 3 N–H and O–H groups in total. The van der Waals surface area contributed by atoms with Gasteiger partial charge in [-0.2, -0.15) is 0 Å². The molecule has 3 fully saturated rings. The van der Waals surface area contributed by atoms with Crippen molar-refractivity contribution in [2.24, 2.45) is 0 Å². The molecular weight excluding hydrogens is 258 g/mol. The molecule has 20 heavy (non-hydrogen) atoms. The Bertz CT molecular complexity index is 402. The lowest BCUT2D eigenvalue weighted by Gasteiger charge is -2.30. The molecule has 6 heteroatoms. The van der Waals surface area contributed by atoms with Crippen LogP contribution in [0.5, 0.6) is 0 Å². The van der Waals surface area contributed by atoms with Crippen molar-refractivity contribution >= 4 is 11.9 Å². The molecule has 1 saturated heterocycles. The molecule has 1 unspecified atom stereocenters. The van der Waals surface area contributed by atoms with Gasteiger partial charge in [-0.3, -0.25) is 9.69 Å². The molecule has 112 valence electrons. The van der Waals surface area contributed by atoms with E-state index in [1.54, 1.807) is 0 Å². The Hall–Kier alpha value is -1.14. The highest BCUT2D eigenvalue weighted by molar-refractivity contribution is 6.07. The summed E-state index contributed by atoms with van der Waals surface area (Å²) in [6, 6.07) is 0.166. The minimum absolute atomic E-state index is 0.0894. The Morgan fingerprint density at radius 1 is 1.30 bits per heavy atom. The second-order valence-electron chi connectivity index (χ2n) is 6.33. The summed E-state index contributed by atoms with van der Waals surface area (Å²) in [7, 11) is 0. The quantitative estimate of drug-likeness (QED) is 0.635. The van der Waals surface area contributed by atoms with Crippen molar-refractivity contribution in [3.63, 3.8) is 0 Å². The van der Waals surface area contributed by atoms with Crippen LogP contribution in [0.15, 0.2) is 0 Å². The lowest BCUT2D eigenvalue weighted by molar-refractivity contribution is -0.133. The Morgan fingerprint density at radius 2 is 2.00 bits per heavy atom. The van der Waals surface area contributed by atoms with Gasteiger partial charge in [0.1, 0.15) is 5.54 Å². The molecule has 1 heterocycles. The fourth-order valence-corrected chi connectivity index (χ4v) is 3.20. The van der Waals surface area contributed by atoms with Crippen molar-refractivity contribution in [3.05, 3.63) is 0 Å². The lowest BCUT2D eigenvalue weighted by atomic mass is 9.82. The molecule has 1 spiro atoms.